The molecule has 8 heteroatoms. The van der Waals surface area contributed by atoms with Crippen LogP contribution in [0.2, 0.25) is 0 Å². The molecule has 3 aromatic rings. The van der Waals surface area contributed by atoms with E-state index < -0.39 is 0 Å². The highest BCUT2D eigenvalue weighted by Gasteiger charge is 2.29. The number of nitrogens with zero attached hydrogens (tertiary/aromatic N) is 4. The number of aryl methyl sites for hydroxylation is 2. The average molecular weight is 352 g/mol. The molecule has 0 spiro atoms. The van der Waals surface area contributed by atoms with Crippen LogP contribution in [0.15, 0.2) is 34.9 Å². The molecule has 2 aromatic heterocycles. The van der Waals surface area contributed by atoms with Gasteiger partial charge in [-0.2, -0.15) is 5.10 Å². The molecule has 0 saturated carbocycles. The Bertz CT molecular complexity index is 931. The van der Waals surface area contributed by atoms with Crippen LogP contribution in [0.5, 0.6) is 0 Å². The summed E-state index contributed by atoms with van der Waals surface area (Å²) in [5.74, 6) is 3.03. The molecule has 1 saturated heterocycles. The Morgan fingerprint density at radius 3 is 3.00 bits per heavy atom. The largest absolute Gasteiger partial charge is 0.441 e. The predicted octanol–water partition coefficient (Wildman–Crippen LogP) is 3.10. The van der Waals surface area contributed by atoms with Crippen molar-refractivity contribution in [3.63, 3.8) is 0 Å². The molecule has 1 aliphatic heterocycles. The summed E-state index contributed by atoms with van der Waals surface area (Å²) in [6.07, 6.45) is 2.54. The maximum absolute atomic E-state index is 12.6. The molecule has 134 valence electrons. The highest BCUT2D eigenvalue weighted by molar-refractivity contribution is 5.90. The van der Waals surface area contributed by atoms with E-state index in [0.717, 1.165) is 29.4 Å². The number of likely N-dealkylation sites (tertiary alicyclic amines) is 1. The van der Waals surface area contributed by atoms with E-state index in [1.54, 1.807) is 11.1 Å². The number of oxazole rings is 1. The monoisotopic (exact) mass is 352 g/mol. The number of rotatable bonds is 3. The van der Waals surface area contributed by atoms with Crippen LogP contribution in [0.4, 0.5) is 10.5 Å². The number of anilines is 1. The third kappa shape index (κ3) is 3.30. The van der Waals surface area contributed by atoms with Gasteiger partial charge in [-0.3, -0.25) is 5.10 Å². The molecule has 2 N–H and O–H groups in total. The van der Waals surface area contributed by atoms with E-state index in [1.165, 1.54) is 0 Å². The number of aromatic amines is 1. The average Bonchev–Trinajstić information content (AvgIpc) is 3.35. The second-order valence-corrected chi connectivity index (χ2v) is 6.50. The van der Waals surface area contributed by atoms with Crippen molar-refractivity contribution >= 4 is 11.7 Å². The van der Waals surface area contributed by atoms with Gasteiger partial charge in [-0.15, -0.1) is 0 Å². The topological polar surface area (TPSA) is 99.9 Å². The number of benzene rings is 1. The minimum atomic E-state index is -0.125. The third-order valence-electron chi connectivity index (χ3n) is 4.44. The van der Waals surface area contributed by atoms with Crippen LogP contribution in [0, 0.1) is 13.8 Å². The molecule has 1 aliphatic rings. The van der Waals surface area contributed by atoms with Gasteiger partial charge in [-0.1, -0.05) is 6.07 Å². The Balaban J connectivity index is 1.42. The second-order valence-electron chi connectivity index (χ2n) is 6.50. The fourth-order valence-electron chi connectivity index (χ4n) is 3.12. The van der Waals surface area contributed by atoms with Crippen LogP contribution in [-0.2, 0) is 0 Å². The van der Waals surface area contributed by atoms with Gasteiger partial charge in [0.25, 0.3) is 0 Å². The molecule has 1 aromatic carbocycles. The van der Waals surface area contributed by atoms with Gasteiger partial charge in [0.15, 0.2) is 5.82 Å². The minimum absolute atomic E-state index is 0.125. The zero-order valence-corrected chi connectivity index (χ0v) is 14.7. The number of aromatic nitrogens is 4. The Labute approximate surface area is 150 Å². The lowest BCUT2D eigenvalue weighted by Gasteiger charge is -2.17. The first-order valence-corrected chi connectivity index (χ1v) is 8.56. The highest BCUT2D eigenvalue weighted by Crippen LogP contribution is 2.26. The van der Waals surface area contributed by atoms with Crippen molar-refractivity contribution in [3.8, 4) is 11.5 Å². The molecule has 0 unspecified atom stereocenters. The first-order chi connectivity index (χ1) is 12.6. The summed E-state index contributed by atoms with van der Waals surface area (Å²) in [5, 5.41) is 10.0. The number of hydrogen-bond donors (Lipinski definition) is 2. The Hall–Kier alpha value is -3.16. The van der Waals surface area contributed by atoms with Crippen LogP contribution < -0.4 is 5.32 Å². The number of H-pyrrole nitrogens is 1. The van der Waals surface area contributed by atoms with Crippen LogP contribution in [0.1, 0.15) is 29.7 Å². The fourth-order valence-corrected chi connectivity index (χ4v) is 3.12. The molecule has 4 rings (SSSR count). The van der Waals surface area contributed by atoms with Gasteiger partial charge in [0, 0.05) is 30.3 Å². The third-order valence-corrected chi connectivity index (χ3v) is 4.44. The molecular formula is C18H20N6O2. The smallest absolute Gasteiger partial charge is 0.321 e. The number of urea groups is 1. The standard InChI is InChI=1S/C18H20N6O2/c1-11-9-19-17(26-11)13-4-3-5-15(8-13)21-18(25)24-7-6-14(10-24)16-20-12(2)22-23-16/h3-5,8-9,14H,6-7,10H2,1-2H3,(H,21,25)(H,20,22,23)/t14-/m0/s1. The van der Waals surface area contributed by atoms with E-state index in [-0.39, 0.29) is 11.9 Å². The van der Waals surface area contributed by atoms with E-state index >= 15 is 0 Å². The summed E-state index contributed by atoms with van der Waals surface area (Å²) < 4.78 is 5.54. The molecule has 26 heavy (non-hydrogen) atoms. The summed E-state index contributed by atoms with van der Waals surface area (Å²) in [6, 6.07) is 7.35. The van der Waals surface area contributed by atoms with Gasteiger partial charge in [-0.25, -0.2) is 14.8 Å². The van der Waals surface area contributed by atoms with E-state index in [9.17, 15) is 4.79 Å². The summed E-state index contributed by atoms with van der Waals surface area (Å²) >= 11 is 0. The molecule has 3 heterocycles. The first kappa shape index (κ1) is 16.3. The maximum Gasteiger partial charge on any atom is 0.321 e. The van der Waals surface area contributed by atoms with Gasteiger partial charge in [0.2, 0.25) is 5.89 Å². The van der Waals surface area contributed by atoms with Crippen molar-refractivity contribution in [3.05, 3.63) is 47.9 Å². The Kier molecular flexibility index (Phi) is 4.16. The van der Waals surface area contributed by atoms with Crippen molar-refractivity contribution in [1.29, 1.82) is 0 Å². The van der Waals surface area contributed by atoms with Gasteiger partial charge in [0.1, 0.15) is 11.6 Å². The summed E-state index contributed by atoms with van der Waals surface area (Å²) in [5.41, 5.74) is 1.53. The molecular weight excluding hydrogens is 332 g/mol. The number of hydrogen-bond acceptors (Lipinski definition) is 5. The zero-order chi connectivity index (χ0) is 18.1. The lowest BCUT2D eigenvalue weighted by Crippen LogP contribution is -2.32. The summed E-state index contributed by atoms with van der Waals surface area (Å²) in [7, 11) is 0. The SMILES string of the molecule is Cc1nc([C@H]2CCN(C(=O)Nc3cccc(-c4ncc(C)o4)c3)C2)n[nH]1. The molecule has 1 atom stereocenters. The van der Waals surface area contributed by atoms with Crippen LogP contribution in [-0.4, -0.2) is 44.2 Å². The zero-order valence-electron chi connectivity index (χ0n) is 14.7. The molecule has 0 radical (unpaired) electrons. The molecule has 2 amide bonds. The van der Waals surface area contributed by atoms with Crippen molar-refractivity contribution in [2.75, 3.05) is 18.4 Å². The summed E-state index contributed by atoms with van der Waals surface area (Å²) in [6.45, 7) is 5.02. The Morgan fingerprint density at radius 2 is 2.27 bits per heavy atom. The van der Waals surface area contributed by atoms with Gasteiger partial charge >= 0.3 is 6.03 Å². The first-order valence-electron chi connectivity index (χ1n) is 8.56. The summed E-state index contributed by atoms with van der Waals surface area (Å²) in [4.78, 5) is 23.0. The molecule has 1 fully saturated rings. The van der Waals surface area contributed by atoms with Crippen LogP contribution >= 0.6 is 0 Å². The molecule has 0 bridgehead atoms. The lowest BCUT2D eigenvalue weighted by molar-refractivity contribution is 0.222. The lowest BCUT2D eigenvalue weighted by atomic mass is 10.1. The Morgan fingerprint density at radius 1 is 1.38 bits per heavy atom. The van der Waals surface area contributed by atoms with Crippen molar-refractivity contribution in [2.24, 2.45) is 0 Å². The van der Waals surface area contributed by atoms with Crippen LogP contribution in [0.3, 0.4) is 0 Å². The molecule has 8 nitrogen and oxygen atoms in total. The van der Waals surface area contributed by atoms with E-state index in [1.807, 2.05) is 38.1 Å². The second kappa shape index (κ2) is 6.62. The van der Waals surface area contributed by atoms with Crippen molar-refractivity contribution in [1.82, 2.24) is 25.1 Å². The quantitative estimate of drug-likeness (QED) is 0.754. The number of carbonyl (C=O) groups is 1. The van der Waals surface area contributed by atoms with Gasteiger partial charge < -0.3 is 14.6 Å². The van der Waals surface area contributed by atoms with Gasteiger partial charge in [-0.05, 0) is 38.5 Å². The normalized spacial score (nSPS) is 16.8. The van der Waals surface area contributed by atoms with Crippen molar-refractivity contribution < 1.29 is 9.21 Å². The maximum atomic E-state index is 12.6. The number of nitrogens with one attached hydrogen (secondary N) is 2. The van der Waals surface area contributed by atoms with E-state index in [0.29, 0.717) is 24.7 Å². The highest BCUT2D eigenvalue weighted by atomic mass is 16.4. The number of carbonyl (C=O) groups excluding carboxylic acids is 1. The fraction of sp³-hybridized carbons (Fsp3) is 0.333. The van der Waals surface area contributed by atoms with Crippen LogP contribution in [0.25, 0.3) is 11.5 Å². The minimum Gasteiger partial charge on any atom is -0.441 e. The number of amides is 2. The molecule has 0 aliphatic carbocycles. The predicted molar refractivity (Wildman–Crippen MR) is 95.7 cm³/mol. The van der Waals surface area contributed by atoms with Crippen molar-refractivity contribution in [2.45, 2.75) is 26.2 Å². The van der Waals surface area contributed by atoms with Gasteiger partial charge in [0.05, 0.1) is 6.20 Å². The van der Waals surface area contributed by atoms with E-state index in [4.69, 9.17) is 4.42 Å². The van der Waals surface area contributed by atoms with E-state index in [2.05, 4.69) is 25.5 Å².